The Morgan fingerprint density at radius 3 is 2.53 bits per heavy atom. The first kappa shape index (κ1) is 8.30. The van der Waals surface area contributed by atoms with Gasteiger partial charge in [-0.15, -0.1) is 0 Å². The summed E-state index contributed by atoms with van der Waals surface area (Å²) in [7, 11) is 0. The van der Waals surface area contributed by atoms with Crippen molar-refractivity contribution in [2.45, 2.75) is 0 Å². The zero-order valence-corrected chi connectivity index (χ0v) is 8.20. The minimum absolute atomic E-state index is 0.807. The third-order valence-electron chi connectivity index (χ3n) is 2.66. The van der Waals surface area contributed by atoms with Crippen LogP contribution in [0.15, 0.2) is 48.5 Å². The van der Waals surface area contributed by atoms with Crippen molar-refractivity contribution in [2.24, 2.45) is 0 Å². The number of nitrogen functional groups attached to an aromatic ring is 1. The van der Waals surface area contributed by atoms with Crippen LogP contribution >= 0.6 is 0 Å². The van der Waals surface area contributed by atoms with E-state index in [4.69, 9.17) is 5.73 Å². The topological polar surface area (TPSA) is 26.0 Å². The second kappa shape index (κ2) is 2.99. The van der Waals surface area contributed by atoms with Gasteiger partial charge in [0, 0.05) is 5.69 Å². The fourth-order valence-corrected chi connectivity index (χ4v) is 1.90. The Kier molecular flexibility index (Phi) is 1.65. The molecule has 0 fully saturated rings. The average Bonchev–Trinajstić information content (AvgIpc) is 2.26. The summed E-state index contributed by atoms with van der Waals surface area (Å²) in [5, 5.41) is 4.85. The molecule has 0 spiro atoms. The molecule has 0 heterocycles. The van der Waals surface area contributed by atoms with Crippen LogP contribution in [-0.2, 0) is 0 Å². The molecule has 0 aliphatic carbocycles. The summed E-state index contributed by atoms with van der Waals surface area (Å²) < 4.78 is 0. The molecule has 3 rings (SSSR count). The van der Waals surface area contributed by atoms with Crippen LogP contribution in [0.4, 0.5) is 5.69 Å². The van der Waals surface area contributed by atoms with Gasteiger partial charge in [0.2, 0.25) is 0 Å². The summed E-state index contributed by atoms with van der Waals surface area (Å²) in [6.07, 6.45) is 0. The quantitative estimate of drug-likeness (QED) is 0.429. The van der Waals surface area contributed by atoms with E-state index in [0.717, 1.165) is 5.69 Å². The van der Waals surface area contributed by atoms with Gasteiger partial charge in [0.15, 0.2) is 0 Å². The number of nitrogens with two attached hydrogens (primary N) is 1. The Morgan fingerprint density at radius 2 is 1.60 bits per heavy atom. The Hall–Kier alpha value is -2.02. The minimum Gasteiger partial charge on any atom is -0.399 e. The van der Waals surface area contributed by atoms with Gasteiger partial charge >= 0.3 is 0 Å². The highest BCUT2D eigenvalue weighted by molar-refractivity contribution is 5.99. The molecule has 0 amide bonds. The normalized spacial score (nSPS) is 10.9. The zero-order valence-electron chi connectivity index (χ0n) is 8.20. The third kappa shape index (κ3) is 1.33. The second-order valence-electron chi connectivity index (χ2n) is 3.73. The van der Waals surface area contributed by atoms with E-state index in [9.17, 15) is 0 Å². The van der Waals surface area contributed by atoms with Gasteiger partial charge in [0.05, 0.1) is 0 Å². The van der Waals surface area contributed by atoms with Crippen molar-refractivity contribution >= 4 is 27.2 Å². The molecule has 0 aliphatic heterocycles. The molecule has 0 aliphatic rings. The van der Waals surface area contributed by atoms with E-state index in [1.54, 1.807) is 0 Å². The van der Waals surface area contributed by atoms with E-state index < -0.39 is 0 Å². The average molecular weight is 192 g/mol. The molecule has 0 atom stereocenters. The fraction of sp³-hybridized carbons (Fsp3) is 0. The number of hydrogen-bond donors (Lipinski definition) is 1. The largest absolute Gasteiger partial charge is 0.399 e. The predicted octanol–water partition coefficient (Wildman–Crippen LogP) is 3.38. The van der Waals surface area contributed by atoms with E-state index >= 15 is 0 Å². The number of fused-ring (bicyclic) bond motifs is 2. The first-order valence-electron chi connectivity index (χ1n) is 4.92. The Balaban J connectivity index is 2.47. The summed E-state index contributed by atoms with van der Waals surface area (Å²) in [5.74, 6) is 0. The van der Waals surface area contributed by atoms with Gasteiger partial charge in [-0.25, -0.2) is 0 Å². The first-order valence-corrected chi connectivity index (χ1v) is 4.92. The fourth-order valence-electron chi connectivity index (χ4n) is 1.90. The first-order chi connectivity index (χ1) is 7.33. The lowest BCUT2D eigenvalue weighted by Gasteiger charge is -2.02. The molecule has 71 valence electrons. The number of hydrogen-bond acceptors (Lipinski definition) is 1. The van der Waals surface area contributed by atoms with Gasteiger partial charge < -0.3 is 5.73 Å². The lowest BCUT2D eigenvalue weighted by atomic mass is 10.0. The van der Waals surface area contributed by atoms with Gasteiger partial charge in [-0.05, 0) is 57.9 Å². The highest BCUT2D eigenvalue weighted by Crippen LogP contribution is 2.23. The van der Waals surface area contributed by atoms with Crippen molar-refractivity contribution in [3.05, 3.63) is 54.6 Å². The molecule has 0 saturated carbocycles. The van der Waals surface area contributed by atoms with Gasteiger partial charge in [-0.3, -0.25) is 0 Å². The summed E-state index contributed by atoms with van der Waals surface area (Å²) in [6.45, 7) is 0. The maximum Gasteiger partial charge on any atom is 0.0320 e. The van der Waals surface area contributed by atoms with Crippen LogP contribution in [0.3, 0.4) is 0 Å². The molecule has 0 aromatic heterocycles. The Bertz CT molecular complexity index is 641. The molecular weight excluding hydrogens is 182 g/mol. The van der Waals surface area contributed by atoms with Crippen LogP contribution in [0.25, 0.3) is 21.5 Å². The van der Waals surface area contributed by atoms with Crippen LogP contribution in [0.2, 0.25) is 0 Å². The molecule has 1 radical (unpaired) electrons. The van der Waals surface area contributed by atoms with E-state index in [-0.39, 0.29) is 0 Å². The van der Waals surface area contributed by atoms with E-state index in [1.165, 1.54) is 21.5 Å². The molecule has 0 unspecified atom stereocenters. The second-order valence-corrected chi connectivity index (χ2v) is 3.73. The summed E-state index contributed by atoms with van der Waals surface area (Å²) in [4.78, 5) is 0. The van der Waals surface area contributed by atoms with E-state index in [2.05, 4.69) is 30.3 Å². The number of benzene rings is 3. The van der Waals surface area contributed by atoms with E-state index in [1.807, 2.05) is 24.3 Å². The maximum atomic E-state index is 5.76. The lowest BCUT2D eigenvalue weighted by Crippen LogP contribution is -1.83. The van der Waals surface area contributed by atoms with Crippen molar-refractivity contribution in [1.29, 1.82) is 0 Å². The molecule has 1 nitrogen and oxygen atoms in total. The highest BCUT2D eigenvalue weighted by Gasteiger charge is 1.97. The van der Waals surface area contributed by atoms with Crippen LogP contribution in [0.1, 0.15) is 0 Å². The summed E-state index contributed by atoms with van der Waals surface area (Å²) in [5.41, 5.74) is 6.57. The summed E-state index contributed by atoms with van der Waals surface area (Å²) in [6, 6.07) is 19.4. The van der Waals surface area contributed by atoms with Crippen molar-refractivity contribution in [1.82, 2.24) is 0 Å². The minimum atomic E-state index is 0.807. The van der Waals surface area contributed by atoms with Crippen LogP contribution in [-0.4, -0.2) is 0 Å². The molecule has 0 bridgehead atoms. The van der Waals surface area contributed by atoms with Gasteiger partial charge in [0.1, 0.15) is 0 Å². The van der Waals surface area contributed by atoms with Gasteiger partial charge in [0.25, 0.3) is 0 Å². The van der Waals surface area contributed by atoms with Gasteiger partial charge in [-0.1, -0.05) is 18.2 Å². The predicted molar refractivity (Wildman–Crippen MR) is 64.7 cm³/mol. The zero-order chi connectivity index (χ0) is 10.3. The SMILES string of the molecule is Nc1ccc2cc3cc[c]cc3cc2c1. The monoisotopic (exact) mass is 192 g/mol. The number of rotatable bonds is 0. The molecular formula is C14H10N. The molecule has 15 heavy (non-hydrogen) atoms. The Morgan fingerprint density at radius 1 is 0.800 bits per heavy atom. The smallest absolute Gasteiger partial charge is 0.0320 e. The molecule has 3 aromatic carbocycles. The van der Waals surface area contributed by atoms with E-state index in [0.29, 0.717) is 0 Å². The number of anilines is 1. The highest BCUT2D eigenvalue weighted by atomic mass is 14.5. The molecule has 3 aromatic rings. The van der Waals surface area contributed by atoms with Crippen LogP contribution in [0, 0.1) is 6.07 Å². The maximum absolute atomic E-state index is 5.76. The Labute approximate surface area is 88.1 Å². The standard InChI is InChI=1S/C14H10N/c15-14-6-5-12-7-10-3-1-2-4-11(10)8-13(12)9-14/h1,3-9H,15H2. The van der Waals surface area contributed by atoms with Crippen LogP contribution in [0.5, 0.6) is 0 Å². The summed E-state index contributed by atoms with van der Waals surface area (Å²) >= 11 is 0. The molecule has 2 N–H and O–H groups in total. The molecule has 1 heteroatoms. The van der Waals surface area contributed by atoms with Gasteiger partial charge in [-0.2, -0.15) is 0 Å². The molecule has 0 saturated heterocycles. The van der Waals surface area contributed by atoms with Crippen molar-refractivity contribution in [3.63, 3.8) is 0 Å². The van der Waals surface area contributed by atoms with Crippen molar-refractivity contribution in [2.75, 3.05) is 5.73 Å². The van der Waals surface area contributed by atoms with Crippen LogP contribution < -0.4 is 5.73 Å². The third-order valence-corrected chi connectivity index (χ3v) is 2.66. The lowest BCUT2D eigenvalue weighted by molar-refractivity contribution is 1.73. The van der Waals surface area contributed by atoms with Crippen molar-refractivity contribution < 1.29 is 0 Å². The van der Waals surface area contributed by atoms with Crippen molar-refractivity contribution in [3.8, 4) is 0 Å².